The number of carbonyl (C=O) groups excluding carboxylic acids is 2. The number of ether oxygens (including phenoxy) is 2. The lowest BCUT2D eigenvalue weighted by molar-refractivity contribution is -0.156. The third-order valence-corrected chi connectivity index (χ3v) is 6.67. The summed E-state index contributed by atoms with van der Waals surface area (Å²) in [6.45, 7) is 14.9. The SMILES string of the molecule is CCO[Si](CCCNC(CC(=O)OC(C)C)C(=O)OC(C)C)(OCC)OCC. The molecule has 0 aliphatic heterocycles. The predicted molar refractivity (Wildman–Crippen MR) is 109 cm³/mol. The normalized spacial score (nSPS) is 13.0. The van der Waals surface area contributed by atoms with Crippen LogP contribution in [0.25, 0.3) is 0 Å². The molecule has 28 heavy (non-hydrogen) atoms. The van der Waals surface area contributed by atoms with Crippen molar-refractivity contribution in [3.63, 3.8) is 0 Å². The van der Waals surface area contributed by atoms with Gasteiger partial charge in [0.25, 0.3) is 0 Å². The Morgan fingerprint density at radius 3 is 1.79 bits per heavy atom. The van der Waals surface area contributed by atoms with Crippen LogP contribution in [0.4, 0.5) is 0 Å². The fraction of sp³-hybridized carbons (Fsp3) is 0.895. The van der Waals surface area contributed by atoms with E-state index in [2.05, 4.69) is 5.32 Å². The Morgan fingerprint density at radius 2 is 1.36 bits per heavy atom. The van der Waals surface area contributed by atoms with Crippen LogP contribution >= 0.6 is 0 Å². The first-order valence-corrected chi connectivity index (χ1v) is 12.2. The van der Waals surface area contributed by atoms with Gasteiger partial charge in [-0.3, -0.25) is 9.59 Å². The number of esters is 2. The van der Waals surface area contributed by atoms with Crippen molar-refractivity contribution < 1.29 is 32.3 Å². The maximum Gasteiger partial charge on any atom is 0.500 e. The van der Waals surface area contributed by atoms with Gasteiger partial charge in [-0.15, -0.1) is 0 Å². The van der Waals surface area contributed by atoms with E-state index in [1.54, 1.807) is 27.7 Å². The van der Waals surface area contributed by atoms with Crippen LogP contribution in [0.1, 0.15) is 61.3 Å². The monoisotopic (exact) mass is 421 g/mol. The topological polar surface area (TPSA) is 92.3 Å². The molecule has 0 aliphatic rings. The van der Waals surface area contributed by atoms with Crippen LogP contribution in [0.15, 0.2) is 0 Å². The van der Waals surface area contributed by atoms with E-state index in [4.69, 9.17) is 22.8 Å². The fourth-order valence-corrected chi connectivity index (χ4v) is 5.23. The molecule has 0 aromatic rings. The van der Waals surface area contributed by atoms with Crippen molar-refractivity contribution >= 4 is 20.7 Å². The molecule has 0 heterocycles. The van der Waals surface area contributed by atoms with Gasteiger partial charge in [0.05, 0.1) is 18.6 Å². The Balaban J connectivity index is 4.80. The summed E-state index contributed by atoms with van der Waals surface area (Å²) >= 11 is 0. The molecule has 0 radical (unpaired) electrons. The van der Waals surface area contributed by atoms with Crippen LogP contribution in [0.2, 0.25) is 6.04 Å². The molecule has 0 aliphatic carbocycles. The van der Waals surface area contributed by atoms with Crippen molar-refractivity contribution in [2.45, 2.75) is 85.6 Å². The summed E-state index contributed by atoms with van der Waals surface area (Å²) in [5, 5.41) is 3.11. The molecular formula is C19H39NO7Si. The van der Waals surface area contributed by atoms with Gasteiger partial charge in [0.2, 0.25) is 0 Å². The van der Waals surface area contributed by atoms with Crippen molar-refractivity contribution in [3.05, 3.63) is 0 Å². The van der Waals surface area contributed by atoms with E-state index in [1.165, 1.54) is 0 Å². The minimum atomic E-state index is -2.72. The molecule has 0 aromatic carbocycles. The third-order valence-electron chi connectivity index (χ3n) is 3.52. The van der Waals surface area contributed by atoms with Gasteiger partial charge in [-0.05, 0) is 61.4 Å². The molecule has 0 saturated heterocycles. The molecule has 0 rings (SSSR count). The lowest BCUT2D eigenvalue weighted by Gasteiger charge is -2.28. The van der Waals surface area contributed by atoms with Crippen molar-refractivity contribution in [1.29, 1.82) is 0 Å². The molecule has 8 nitrogen and oxygen atoms in total. The van der Waals surface area contributed by atoms with Crippen LogP contribution in [0.5, 0.6) is 0 Å². The number of nitrogens with one attached hydrogen (secondary N) is 1. The highest BCUT2D eigenvalue weighted by Gasteiger charge is 2.39. The first-order valence-electron chi connectivity index (χ1n) is 10.2. The van der Waals surface area contributed by atoms with E-state index in [0.29, 0.717) is 38.8 Å². The second kappa shape index (κ2) is 14.9. The van der Waals surface area contributed by atoms with Crippen LogP contribution in [-0.4, -0.2) is 65.4 Å². The first-order chi connectivity index (χ1) is 13.2. The second-order valence-corrected chi connectivity index (χ2v) is 9.55. The van der Waals surface area contributed by atoms with Crippen molar-refractivity contribution in [2.24, 2.45) is 0 Å². The van der Waals surface area contributed by atoms with Gasteiger partial charge in [0.1, 0.15) is 6.04 Å². The van der Waals surface area contributed by atoms with Crippen molar-refractivity contribution in [2.75, 3.05) is 26.4 Å². The average Bonchev–Trinajstić information content (AvgIpc) is 2.57. The molecule has 9 heteroatoms. The molecule has 0 spiro atoms. The Bertz CT molecular complexity index is 429. The van der Waals surface area contributed by atoms with Crippen LogP contribution < -0.4 is 5.32 Å². The molecule has 0 fully saturated rings. The highest BCUT2D eigenvalue weighted by molar-refractivity contribution is 6.60. The van der Waals surface area contributed by atoms with Gasteiger partial charge in [-0.25, -0.2) is 0 Å². The summed E-state index contributed by atoms with van der Waals surface area (Å²) < 4.78 is 27.9. The Morgan fingerprint density at radius 1 is 0.857 bits per heavy atom. The quantitative estimate of drug-likeness (QED) is 0.231. The molecule has 0 bridgehead atoms. The maximum atomic E-state index is 12.3. The van der Waals surface area contributed by atoms with Gasteiger partial charge in [-0.2, -0.15) is 0 Å². The Hall–Kier alpha value is -1.00. The standard InChI is InChI=1S/C19H39NO7Si/c1-8-23-28(24-9-2,25-10-3)13-11-12-20-17(19(22)27-16(6)7)14-18(21)26-15(4)5/h15-17,20H,8-14H2,1-7H3. The summed E-state index contributed by atoms with van der Waals surface area (Å²) in [5.74, 6) is -0.895. The minimum absolute atomic E-state index is 0.0747. The lowest BCUT2D eigenvalue weighted by atomic mass is 10.2. The number of rotatable bonds is 16. The Labute approximate surface area is 170 Å². The summed E-state index contributed by atoms with van der Waals surface area (Å²) in [6, 6.07) is -0.131. The van der Waals surface area contributed by atoms with E-state index in [9.17, 15) is 9.59 Å². The van der Waals surface area contributed by atoms with Gasteiger partial charge >= 0.3 is 20.7 Å². The Kier molecular flexibility index (Phi) is 14.4. The average molecular weight is 422 g/mol. The number of hydrogen-bond acceptors (Lipinski definition) is 8. The number of carbonyl (C=O) groups is 2. The van der Waals surface area contributed by atoms with Crippen LogP contribution in [0, 0.1) is 0 Å². The van der Waals surface area contributed by atoms with E-state index >= 15 is 0 Å². The zero-order chi connectivity index (χ0) is 21.6. The zero-order valence-corrected chi connectivity index (χ0v) is 19.5. The van der Waals surface area contributed by atoms with Crippen molar-refractivity contribution in [1.82, 2.24) is 5.32 Å². The predicted octanol–water partition coefficient (Wildman–Crippen LogP) is 2.68. The molecule has 1 unspecified atom stereocenters. The summed E-state index contributed by atoms with van der Waals surface area (Å²) in [5.41, 5.74) is 0. The zero-order valence-electron chi connectivity index (χ0n) is 18.5. The fourth-order valence-electron chi connectivity index (χ4n) is 2.61. The largest absolute Gasteiger partial charge is 0.500 e. The summed E-state index contributed by atoms with van der Waals surface area (Å²) in [6.07, 6.45) is 0.113. The number of hydrogen-bond donors (Lipinski definition) is 1. The third kappa shape index (κ3) is 11.8. The second-order valence-electron chi connectivity index (χ2n) is 6.82. The molecular weight excluding hydrogens is 382 g/mol. The first kappa shape index (κ1) is 27.0. The smallest absolute Gasteiger partial charge is 0.463 e. The molecule has 1 atom stereocenters. The van der Waals surface area contributed by atoms with Gasteiger partial charge < -0.3 is 28.1 Å². The van der Waals surface area contributed by atoms with Gasteiger partial charge in [0.15, 0.2) is 0 Å². The van der Waals surface area contributed by atoms with Gasteiger partial charge in [-0.1, -0.05) is 0 Å². The minimum Gasteiger partial charge on any atom is -0.463 e. The molecule has 0 saturated carbocycles. The van der Waals surface area contributed by atoms with Crippen LogP contribution in [0.3, 0.4) is 0 Å². The highest BCUT2D eigenvalue weighted by atomic mass is 28.4. The van der Waals surface area contributed by atoms with E-state index < -0.39 is 26.8 Å². The van der Waals surface area contributed by atoms with Crippen LogP contribution in [-0.2, 0) is 32.3 Å². The highest BCUT2D eigenvalue weighted by Crippen LogP contribution is 2.18. The molecule has 0 amide bonds. The summed E-state index contributed by atoms with van der Waals surface area (Å²) in [7, 11) is -2.72. The maximum absolute atomic E-state index is 12.3. The van der Waals surface area contributed by atoms with Crippen molar-refractivity contribution in [3.8, 4) is 0 Å². The molecule has 166 valence electrons. The lowest BCUT2D eigenvalue weighted by Crippen LogP contribution is -2.47. The molecule has 1 N–H and O–H groups in total. The summed E-state index contributed by atoms with van der Waals surface area (Å²) in [4.78, 5) is 24.3. The van der Waals surface area contributed by atoms with E-state index in [1.807, 2.05) is 20.8 Å². The molecule has 0 aromatic heterocycles. The van der Waals surface area contributed by atoms with Gasteiger partial charge in [0, 0.05) is 25.9 Å². The van der Waals surface area contributed by atoms with E-state index in [-0.39, 0.29) is 18.6 Å². The van der Waals surface area contributed by atoms with E-state index in [0.717, 1.165) is 0 Å².